The summed E-state index contributed by atoms with van der Waals surface area (Å²) < 4.78 is 0. The molecule has 0 radical (unpaired) electrons. The number of allylic oxidation sites excluding steroid dienone is 5. The van der Waals surface area contributed by atoms with Crippen molar-refractivity contribution in [1.29, 1.82) is 0 Å². The molecule has 0 aliphatic heterocycles. The molecule has 36 heavy (non-hydrogen) atoms. The zero-order valence-electron chi connectivity index (χ0n) is 21.9. The third kappa shape index (κ3) is 5.03. The van der Waals surface area contributed by atoms with Crippen LogP contribution in [0.3, 0.4) is 0 Å². The molecular formula is C33H38ClOP. The first kappa shape index (κ1) is 26.6. The molecule has 0 unspecified atom stereocenters. The van der Waals surface area contributed by atoms with Gasteiger partial charge in [0.25, 0.3) is 0 Å². The minimum atomic E-state index is -3.31. The van der Waals surface area contributed by atoms with E-state index in [1.54, 1.807) is 0 Å². The first-order valence-corrected chi connectivity index (χ1v) is 16.1. The summed E-state index contributed by atoms with van der Waals surface area (Å²) >= 11 is 8.18. The number of rotatable bonds is 7. The van der Waals surface area contributed by atoms with Crippen molar-refractivity contribution in [1.82, 2.24) is 0 Å². The number of aliphatic hydroxyl groups excluding tert-OH is 1. The van der Waals surface area contributed by atoms with Gasteiger partial charge in [0.2, 0.25) is 0 Å². The van der Waals surface area contributed by atoms with Crippen molar-refractivity contribution in [2.45, 2.75) is 46.6 Å². The summed E-state index contributed by atoms with van der Waals surface area (Å²) in [4.78, 5) is 0. The van der Waals surface area contributed by atoms with E-state index in [0.717, 1.165) is 19.0 Å². The van der Waals surface area contributed by atoms with Crippen molar-refractivity contribution in [2.75, 3.05) is 6.16 Å². The normalized spacial score (nSPS) is 19.8. The van der Waals surface area contributed by atoms with E-state index in [0.29, 0.717) is 0 Å². The van der Waals surface area contributed by atoms with Crippen LogP contribution in [0.2, 0.25) is 0 Å². The first-order chi connectivity index (χ1) is 17.1. The summed E-state index contributed by atoms with van der Waals surface area (Å²) in [7, 11) is 0. The van der Waals surface area contributed by atoms with E-state index in [1.165, 1.54) is 32.6 Å². The zero-order valence-corrected chi connectivity index (χ0v) is 23.5. The van der Waals surface area contributed by atoms with Crippen LogP contribution in [0.1, 0.15) is 40.5 Å². The van der Waals surface area contributed by atoms with Gasteiger partial charge in [-0.2, -0.15) is 0 Å². The monoisotopic (exact) mass is 516 g/mol. The van der Waals surface area contributed by atoms with Crippen LogP contribution in [0.5, 0.6) is 0 Å². The fourth-order valence-electron chi connectivity index (χ4n) is 5.76. The number of halogens is 1. The number of benzene rings is 3. The molecule has 188 valence electrons. The van der Waals surface area contributed by atoms with Gasteiger partial charge in [-0.1, -0.05) is 0 Å². The van der Waals surface area contributed by atoms with Gasteiger partial charge in [0, 0.05) is 0 Å². The molecule has 0 fully saturated rings. The van der Waals surface area contributed by atoms with E-state index >= 15 is 0 Å². The fraction of sp³-hybridized carbons (Fsp3) is 0.273. The van der Waals surface area contributed by atoms with E-state index in [-0.39, 0.29) is 11.5 Å². The third-order valence-electron chi connectivity index (χ3n) is 7.63. The van der Waals surface area contributed by atoms with E-state index in [9.17, 15) is 5.11 Å². The average molecular weight is 517 g/mol. The molecule has 3 heteroatoms. The molecule has 0 bridgehead atoms. The number of hydrogen-bond acceptors (Lipinski definition) is 1. The Hall–Kier alpha value is -2.44. The summed E-state index contributed by atoms with van der Waals surface area (Å²) in [5.74, 6) is -3.31. The number of hydrogen-bond donors (Lipinski definition) is 1. The standard InChI is InChI=1S/C33H38ClOP/c1-26(20-21-32-27(2)24-28(35)25-33(32,3)4)22-23-36(34,29-14-8-5-9-15-29,30-16-10-6-11-17-30)31-18-12-7-13-19-31/h5-22,28,35H,23-25H2,1-4H3/t28-/m1/s1. The number of aliphatic hydroxyl groups is 1. The van der Waals surface area contributed by atoms with Crippen molar-refractivity contribution < 1.29 is 5.11 Å². The summed E-state index contributed by atoms with van der Waals surface area (Å²) in [6.45, 7) is 8.76. The van der Waals surface area contributed by atoms with Gasteiger partial charge < -0.3 is 0 Å². The quantitative estimate of drug-likeness (QED) is 0.252. The predicted octanol–water partition coefficient (Wildman–Crippen LogP) is 7.67. The van der Waals surface area contributed by atoms with Gasteiger partial charge in [0.15, 0.2) is 0 Å². The van der Waals surface area contributed by atoms with Crippen molar-refractivity contribution in [3.05, 3.63) is 126 Å². The Balaban J connectivity index is 1.82. The van der Waals surface area contributed by atoms with Gasteiger partial charge in [-0.25, -0.2) is 0 Å². The molecule has 1 atom stereocenters. The van der Waals surface area contributed by atoms with Crippen molar-refractivity contribution in [2.24, 2.45) is 5.41 Å². The molecule has 0 saturated heterocycles. The van der Waals surface area contributed by atoms with Gasteiger partial charge in [0.1, 0.15) is 0 Å². The van der Waals surface area contributed by atoms with Crippen molar-refractivity contribution in [3.8, 4) is 0 Å². The van der Waals surface area contributed by atoms with Crippen LogP contribution in [-0.4, -0.2) is 17.4 Å². The fourth-order valence-corrected chi connectivity index (χ4v) is 11.5. The molecule has 0 amide bonds. The Kier molecular flexibility index (Phi) is 7.77. The molecule has 0 heterocycles. The molecule has 4 rings (SSSR count). The van der Waals surface area contributed by atoms with Gasteiger partial charge in [0.05, 0.1) is 0 Å². The summed E-state index contributed by atoms with van der Waals surface area (Å²) in [5, 5.41) is 13.8. The Morgan fingerprint density at radius 1 is 0.889 bits per heavy atom. The third-order valence-corrected chi connectivity index (χ3v) is 14.8. The molecule has 1 aliphatic carbocycles. The van der Waals surface area contributed by atoms with Crippen molar-refractivity contribution >= 4 is 33.1 Å². The second-order valence-corrected chi connectivity index (χ2v) is 17.3. The molecule has 0 aromatic heterocycles. The van der Waals surface area contributed by atoms with Crippen LogP contribution >= 0.6 is 17.2 Å². The van der Waals surface area contributed by atoms with Crippen LogP contribution in [0.15, 0.2) is 126 Å². The molecule has 1 N–H and O–H groups in total. The summed E-state index contributed by atoms with van der Waals surface area (Å²) in [5.41, 5.74) is 3.76. The second kappa shape index (κ2) is 10.5. The van der Waals surface area contributed by atoms with Crippen LogP contribution in [-0.2, 0) is 0 Å². The molecule has 3 aromatic carbocycles. The van der Waals surface area contributed by atoms with Gasteiger partial charge in [-0.05, 0) is 0 Å². The minimum absolute atomic E-state index is 0.0393. The predicted molar refractivity (Wildman–Crippen MR) is 160 cm³/mol. The molecule has 0 spiro atoms. The molecule has 0 saturated carbocycles. The maximum atomic E-state index is 10.3. The van der Waals surface area contributed by atoms with Crippen molar-refractivity contribution in [3.63, 3.8) is 0 Å². The molecular weight excluding hydrogens is 479 g/mol. The molecule has 1 aliphatic rings. The zero-order chi connectivity index (χ0) is 25.8. The van der Waals surface area contributed by atoms with E-state index in [1.807, 2.05) is 0 Å². The Labute approximate surface area is 222 Å². The van der Waals surface area contributed by atoms with E-state index in [2.05, 4.69) is 137 Å². The first-order valence-electron chi connectivity index (χ1n) is 12.8. The van der Waals surface area contributed by atoms with Gasteiger partial charge in [-0.3, -0.25) is 0 Å². The van der Waals surface area contributed by atoms with Gasteiger partial charge in [-0.15, -0.1) is 0 Å². The van der Waals surface area contributed by atoms with Gasteiger partial charge >= 0.3 is 222 Å². The SMILES string of the molecule is CC(C=CC1=C(C)C[C@@H](O)CC1(C)C)=CCP(Cl)(c1ccccc1)(c1ccccc1)c1ccccc1. The van der Waals surface area contributed by atoms with E-state index < -0.39 is 5.96 Å². The maximum absolute atomic E-state index is 10.3. The molecule has 1 nitrogen and oxygen atoms in total. The Bertz CT molecular complexity index is 1170. The average Bonchev–Trinajstić information content (AvgIpc) is 2.88. The summed E-state index contributed by atoms with van der Waals surface area (Å²) in [6, 6.07) is 31.9. The second-order valence-electron chi connectivity index (χ2n) is 10.8. The van der Waals surface area contributed by atoms with Crippen LogP contribution in [0, 0.1) is 5.41 Å². The topological polar surface area (TPSA) is 20.2 Å². The summed E-state index contributed by atoms with van der Waals surface area (Å²) in [6.07, 6.45) is 8.80. The molecule has 3 aromatic rings. The Morgan fingerprint density at radius 2 is 1.33 bits per heavy atom. The van der Waals surface area contributed by atoms with Crippen LogP contribution in [0.4, 0.5) is 0 Å². The van der Waals surface area contributed by atoms with E-state index in [4.69, 9.17) is 11.2 Å². The Morgan fingerprint density at radius 3 is 1.75 bits per heavy atom. The van der Waals surface area contributed by atoms with Crippen LogP contribution in [0.25, 0.3) is 0 Å². The van der Waals surface area contributed by atoms with Crippen LogP contribution < -0.4 is 15.9 Å².